The summed E-state index contributed by atoms with van der Waals surface area (Å²) in [5, 5.41) is 2.29. The van der Waals surface area contributed by atoms with E-state index in [2.05, 4.69) is 19.9 Å². The highest BCUT2D eigenvalue weighted by Gasteiger charge is 2.32. The van der Waals surface area contributed by atoms with Crippen LogP contribution in [-0.2, 0) is 0 Å². The lowest BCUT2D eigenvalue weighted by Crippen LogP contribution is -2.28. The Hall–Kier alpha value is -1.83. The average Bonchev–Trinajstić information content (AvgIpc) is 2.78. The van der Waals surface area contributed by atoms with Crippen LogP contribution in [0.15, 0.2) is 42.5 Å². The van der Waals surface area contributed by atoms with E-state index in [9.17, 15) is 4.79 Å². The summed E-state index contributed by atoms with van der Waals surface area (Å²) in [5.41, 5.74) is 0.972. The van der Waals surface area contributed by atoms with E-state index >= 15 is 0 Å². The standard InChI is InChI=1S/C17H18NO/c1-17(2)9-10-18(12-17)16(19)15-8-7-13-5-3-4-6-14(13)11-15/h3-8,10-11H,9,12H2,1-2H3. The highest BCUT2D eigenvalue weighted by molar-refractivity contribution is 5.99. The molecule has 1 fully saturated rings. The Morgan fingerprint density at radius 2 is 1.84 bits per heavy atom. The molecule has 0 aromatic heterocycles. The summed E-state index contributed by atoms with van der Waals surface area (Å²) >= 11 is 0. The predicted octanol–water partition coefficient (Wildman–Crippen LogP) is 3.87. The van der Waals surface area contributed by atoms with Crippen molar-refractivity contribution in [3.63, 3.8) is 0 Å². The SMILES string of the molecule is CC1(C)C[CH]N(C(=O)c2ccc3ccccc3c2)C1. The van der Waals surface area contributed by atoms with Gasteiger partial charge >= 0.3 is 0 Å². The number of amides is 1. The molecule has 1 aliphatic rings. The lowest BCUT2D eigenvalue weighted by atomic mass is 9.93. The van der Waals surface area contributed by atoms with Gasteiger partial charge in [0.2, 0.25) is 0 Å². The van der Waals surface area contributed by atoms with Crippen LogP contribution in [-0.4, -0.2) is 17.4 Å². The molecule has 0 bridgehead atoms. The molecule has 2 aromatic rings. The van der Waals surface area contributed by atoms with Crippen molar-refractivity contribution in [2.75, 3.05) is 6.54 Å². The largest absolute Gasteiger partial charge is 0.333 e. The van der Waals surface area contributed by atoms with Gasteiger partial charge in [0, 0.05) is 12.1 Å². The number of carbonyl (C=O) groups is 1. The third-order valence-electron chi connectivity index (χ3n) is 3.72. The van der Waals surface area contributed by atoms with Crippen molar-refractivity contribution in [1.82, 2.24) is 4.90 Å². The predicted molar refractivity (Wildman–Crippen MR) is 77.7 cm³/mol. The van der Waals surface area contributed by atoms with Crippen molar-refractivity contribution >= 4 is 16.7 Å². The van der Waals surface area contributed by atoms with Crippen LogP contribution in [0.2, 0.25) is 0 Å². The van der Waals surface area contributed by atoms with Gasteiger partial charge in [-0.25, -0.2) is 0 Å². The van der Waals surface area contributed by atoms with Gasteiger partial charge in [-0.1, -0.05) is 44.2 Å². The highest BCUT2D eigenvalue weighted by atomic mass is 16.2. The number of hydrogen-bond acceptors (Lipinski definition) is 1. The number of hydrogen-bond donors (Lipinski definition) is 0. The Labute approximate surface area is 114 Å². The summed E-state index contributed by atoms with van der Waals surface area (Å²) in [7, 11) is 0. The summed E-state index contributed by atoms with van der Waals surface area (Å²) in [5.74, 6) is 0.108. The van der Waals surface area contributed by atoms with E-state index in [0.29, 0.717) is 0 Å². The van der Waals surface area contributed by atoms with Crippen molar-refractivity contribution in [3.8, 4) is 0 Å². The van der Waals surface area contributed by atoms with E-state index < -0.39 is 0 Å². The van der Waals surface area contributed by atoms with E-state index in [-0.39, 0.29) is 11.3 Å². The van der Waals surface area contributed by atoms with Crippen LogP contribution in [0.4, 0.5) is 0 Å². The summed E-state index contributed by atoms with van der Waals surface area (Å²) in [6.07, 6.45) is 0.965. The van der Waals surface area contributed by atoms with E-state index in [1.165, 1.54) is 5.39 Å². The van der Waals surface area contributed by atoms with Crippen LogP contribution in [0, 0.1) is 12.0 Å². The first-order valence-corrected chi connectivity index (χ1v) is 6.68. The van der Waals surface area contributed by atoms with Gasteiger partial charge in [0.1, 0.15) is 0 Å². The minimum Gasteiger partial charge on any atom is -0.333 e. The van der Waals surface area contributed by atoms with Crippen molar-refractivity contribution < 1.29 is 4.79 Å². The molecule has 3 rings (SSSR count). The average molecular weight is 252 g/mol. The van der Waals surface area contributed by atoms with Crippen LogP contribution in [0.3, 0.4) is 0 Å². The minimum atomic E-state index is 0.108. The fraction of sp³-hybridized carbons (Fsp3) is 0.294. The Balaban J connectivity index is 1.90. The van der Waals surface area contributed by atoms with E-state index in [0.717, 1.165) is 23.9 Å². The monoisotopic (exact) mass is 252 g/mol. The topological polar surface area (TPSA) is 20.3 Å². The molecule has 2 aromatic carbocycles. The Kier molecular flexibility index (Phi) is 2.81. The molecule has 0 aliphatic carbocycles. The fourth-order valence-corrected chi connectivity index (χ4v) is 2.59. The molecule has 1 aliphatic heterocycles. The van der Waals surface area contributed by atoms with Crippen molar-refractivity contribution in [1.29, 1.82) is 0 Å². The second kappa shape index (κ2) is 4.37. The fourth-order valence-electron chi connectivity index (χ4n) is 2.59. The number of fused-ring (bicyclic) bond motifs is 1. The zero-order chi connectivity index (χ0) is 13.5. The van der Waals surface area contributed by atoms with Crippen LogP contribution >= 0.6 is 0 Å². The molecule has 1 saturated heterocycles. The normalized spacial score (nSPS) is 17.9. The Bertz CT molecular complexity index is 630. The Morgan fingerprint density at radius 3 is 2.53 bits per heavy atom. The molecule has 1 amide bonds. The molecule has 2 nitrogen and oxygen atoms in total. The number of likely N-dealkylation sites (tertiary alicyclic amines) is 1. The summed E-state index contributed by atoms with van der Waals surface area (Å²) < 4.78 is 0. The third kappa shape index (κ3) is 2.35. The molecular weight excluding hydrogens is 234 g/mol. The quantitative estimate of drug-likeness (QED) is 0.754. The van der Waals surface area contributed by atoms with Gasteiger partial charge in [-0.05, 0) is 34.7 Å². The number of benzene rings is 2. The molecule has 2 heteroatoms. The molecule has 0 saturated carbocycles. The zero-order valence-electron chi connectivity index (χ0n) is 11.4. The first-order valence-electron chi connectivity index (χ1n) is 6.68. The number of carbonyl (C=O) groups excluding carboxylic acids is 1. The smallest absolute Gasteiger partial charge is 0.254 e. The van der Waals surface area contributed by atoms with Crippen LogP contribution in [0.5, 0.6) is 0 Å². The maximum absolute atomic E-state index is 12.5. The lowest BCUT2D eigenvalue weighted by Gasteiger charge is -2.19. The molecule has 1 heterocycles. The van der Waals surface area contributed by atoms with Crippen LogP contribution in [0.25, 0.3) is 10.8 Å². The minimum absolute atomic E-state index is 0.108. The van der Waals surface area contributed by atoms with Gasteiger partial charge < -0.3 is 4.90 Å². The second-order valence-corrected chi connectivity index (χ2v) is 6.05. The number of rotatable bonds is 1. The third-order valence-corrected chi connectivity index (χ3v) is 3.72. The van der Waals surface area contributed by atoms with Crippen molar-refractivity contribution in [2.45, 2.75) is 20.3 Å². The summed E-state index contributed by atoms with van der Waals surface area (Å²) in [6.45, 7) is 7.21. The number of nitrogens with zero attached hydrogens (tertiary/aromatic N) is 1. The molecular formula is C17H18NO. The Morgan fingerprint density at radius 1 is 1.11 bits per heavy atom. The molecule has 97 valence electrons. The van der Waals surface area contributed by atoms with Gasteiger partial charge in [-0.3, -0.25) is 4.79 Å². The van der Waals surface area contributed by atoms with Crippen molar-refractivity contribution in [2.24, 2.45) is 5.41 Å². The van der Waals surface area contributed by atoms with Crippen LogP contribution in [0.1, 0.15) is 30.6 Å². The van der Waals surface area contributed by atoms with Gasteiger partial charge in [-0.15, -0.1) is 0 Å². The van der Waals surface area contributed by atoms with E-state index in [4.69, 9.17) is 0 Å². The molecule has 0 N–H and O–H groups in total. The summed E-state index contributed by atoms with van der Waals surface area (Å²) in [4.78, 5) is 14.3. The van der Waals surface area contributed by atoms with Gasteiger partial charge in [0.05, 0.1) is 6.54 Å². The molecule has 0 spiro atoms. The first-order chi connectivity index (χ1) is 9.05. The second-order valence-electron chi connectivity index (χ2n) is 6.05. The van der Waals surface area contributed by atoms with Crippen molar-refractivity contribution in [3.05, 3.63) is 54.6 Å². The van der Waals surface area contributed by atoms with E-state index in [1.54, 1.807) is 0 Å². The lowest BCUT2D eigenvalue weighted by molar-refractivity contribution is 0.0804. The molecule has 0 unspecified atom stereocenters. The molecule has 19 heavy (non-hydrogen) atoms. The van der Waals surface area contributed by atoms with E-state index in [1.807, 2.05) is 47.8 Å². The first kappa shape index (κ1) is 12.2. The maximum atomic E-state index is 12.5. The zero-order valence-corrected chi connectivity index (χ0v) is 11.4. The summed E-state index contributed by atoms with van der Waals surface area (Å²) in [6, 6.07) is 14.0. The van der Waals surface area contributed by atoms with Gasteiger partial charge in [0.25, 0.3) is 5.91 Å². The van der Waals surface area contributed by atoms with Crippen LogP contribution < -0.4 is 0 Å². The molecule has 1 radical (unpaired) electrons. The highest BCUT2D eigenvalue weighted by Crippen LogP contribution is 2.32. The van der Waals surface area contributed by atoms with Gasteiger partial charge in [-0.2, -0.15) is 0 Å². The maximum Gasteiger partial charge on any atom is 0.254 e. The molecule has 0 atom stereocenters. The van der Waals surface area contributed by atoms with Gasteiger partial charge in [0.15, 0.2) is 0 Å².